The van der Waals surface area contributed by atoms with Crippen molar-refractivity contribution in [2.24, 2.45) is 5.73 Å². The minimum absolute atomic E-state index is 0.0372. The van der Waals surface area contributed by atoms with Crippen LogP contribution in [-0.4, -0.2) is 15.9 Å². The molecular formula is C14H14Cl2N4O2. The number of carbonyl (C=O) groups excluding carboxylic acids is 1. The number of carbonyl (C=O) groups is 1. The average Bonchev–Trinajstić information content (AvgIpc) is 2.40. The lowest BCUT2D eigenvalue weighted by atomic mass is 10.1. The number of nitrogen functional groups attached to an aromatic ring is 1. The van der Waals surface area contributed by atoms with Crippen LogP contribution >= 0.6 is 23.2 Å². The number of nitrogens with zero attached hydrogens (tertiary/aromatic N) is 2. The SMILES string of the molecule is Cc1nc(N)nc(C(C)Oc2ccc(Cl)cc2Cl)c1C(N)=O. The first kappa shape index (κ1) is 16.3. The van der Waals surface area contributed by atoms with Gasteiger partial charge in [0.05, 0.1) is 22.0 Å². The summed E-state index contributed by atoms with van der Waals surface area (Å²) in [5.74, 6) is -0.205. The molecule has 1 aromatic carbocycles. The number of benzene rings is 1. The molecule has 0 fully saturated rings. The summed E-state index contributed by atoms with van der Waals surface area (Å²) in [6.07, 6.45) is -0.606. The summed E-state index contributed by atoms with van der Waals surface area (Å²) in [6.45, 7) is 3.34. The first-order valence-electron chi connectivity index (χ1n) is 6.35. The first-order chi connectivity index (χ1) is 10.3. The lowest BCUT2D eigenvalue weighted by molar-refractivity contribution is 0.0993. The fraction of sp³-hybridized carbons (Fsp3) is 0.214. The topological polar surface area (TPSA) is 104 Å². The standard InChI is InChI=1S/C14H14Cl2N4O2/c1-6-11(13(17)21)12(20-14(18)19-6)7(2)22-10-4-3-8(15)5-9(10)16/h3-5,7H,1-2H3,(H2,17,21)(H2,18,19,20). The predicted octanol–water partition coefficient (Wildman–Crippen LogP) is 2.91. The van der Waals surface area contributed by atoms with E-state index in [2.05, 4.69) is 9.97 Å². The number of aromatic nitrogens is 2. The zero-order chi connectivity index (χ0) is 16.4. The summed E-state index contributed by atoms with van der Waals surface area (Å²) in [5, 5.41) is 0.837. The van der Waals surface area contributed by atoms with Crippen molar-refractivity contribution in [2.75, 3.05) is 5.73 Å². The normalized spacial score (nSPS) is 12.0. The van der Waals surface area contributed by atoms with Gasteiger partial charge in [0, 0.05) is 5.02 Å². The average molecular weight is 341 g/mol. The highest BCUT2D eigenvalue weighted by molar-refractivity contribution is 6.35. The van der Waals surface area contributed by atoms with E-state index in [4.69, 9.17) is 39.4 Å². The summed E-state index contributed by atoms with van der Waals surface area (Å²) in [4.78, 5) is 19.6. The van der Waals surface area contributed by atoms with Gasteiger partial charge in [-0.3, -0.25) is 4.79 Å². The number of rotatable bonds is 4. The Balaban J connectivity index is 2.41. The van der Waals surface area contributed by atoms with Crippen molar-refractivity contribution >= 4 is 35.1 Å². The van der Waals surface area contributed by atoms with Gasteiger partial charge in [-0.1, -0.05) is 23.2 Å². The number of anilines is 1. The molecule has 0 radical (unpaired) electrons. The maximum absolute atomic E-state index is 11.6. The minimum Gasteiger partial charge on any atom is -0.483 e. The quantitative estimate of drug-likeness (QED) is 0.890. The van der Waals surface area contributed by atoms with Gasteiger partial charge in [-0.05, 0) is 32.0 Å². The molecule has 0 spiro atoms. The smallest absolute Gasteiger partial charge is 0.252 e. The van der Waals surface area contributed by atoms with E-state index in [0.29, 0.717) is 27.2 Å². The van der Waals surface area contributed by atoms with E-state index in [9.17, 15) is 4.79 Å². The molecule has 0 aliphatic rings. The van der Waals surface area contributed by atoms with Crippen molar-refractivity contribution in [3.8, 4) is 5.75 Å². The molecule has 1 unspecified atom stereocenters. The van der Waals surface area contributed by atoms with Gasteiger partial charge in [0.1, 0.15) is 11.9 Å². The lowest BCUT2D eigenvalue weighted by Gasteiger charge is -2.18. The van der Waals surface area contributed by atoms with Gasteiger partial charge >= 0.3 is 0 Å². The molecule has 1 heterocycles. The van der Waals surface area contributed by atoms with Crippen LogP contribution in [0.3, 0.4) is 0 Å². The van der Waals surface area contributed by atoms with Crippen molar-refractivity contribution in [3.05, 3.63) is 45.2 Å². The molecule has 0 bridgehead atoms. The van der Waals surface area contributed by atoms with E-state index >= 15 is 0 Å². The molecule has 2 aromatic rings. The summed E-state index contributed by atoms with van der Waals surface area (Å²) >= 11 is 11.9. The van der Waals surface area contributed by atoms with Crippen molar-refractivity contribution in [3.63, 3.8) is 0 Å². The molecular weight excluding hydrogens is 327 g/mol. The Bertz CT molecular complexity index is 737. The summed E-state index contributed by atoms with van der Waals surface area (Å²) in [6, 6.07) is 4.83. The van der Waals surface area contributed by atoms with Gasteiger partial charge in [-0.2, -0.15) is 0 Å². The van der Waals surface area contributed by atoms with Crippen LogP contribution in [0.2, 0.25) is 10.0 Å². The third kappa shape index (κ3) is 3.40. The molecule has 116 valence electrons. The largest absolute Gasteiger partial charge is 0.483 e. The van der Waals surface area contributed by atoms with Crippen LogP contribution in [0.15, 0.2) is 18.2 Å². The molecule has 8 heteroatoms. The van der Waals surface area contributed by atoms with E-state index in [-0.39, 0.29) is 11.5 Å². The van der Waals surface area contributed by atoms with Crippen LogP contribution in [-0.2, 0) is 0 Å². The highest BCUT2D eigenvalue weighted by Crippen LogP contribution is 2.32. The number of hydrogen-bond acceptors (Lipinski definition) is 5. The Kier molecular flexibility index (Phi) is 4.73. The monoisotopic (exact) mass is 340 g/mol. The van der Waals surface area contributed by atoms with Gasteiger partial charge < -0.3 is 16.2 Å². The number of ether oxygens (including phenoxy) is 1. The van der Waals surface area contributed by atoms with E-state index in [1.54, 1.807) is 32.0 Å². The Morgan fingerprint density at radius 1 is 1.32 bits per heavy atom. The molecule has 1 aromatic heterocycles. The maximum Gasteiger partial charge on any atom is 0.252 e. The Hall–Kier alpha value is -2.05. The predicted molar refractivity (Wildman–Crippen MR) is 85.2 cm³/mol. The number of primary amides is 1. The van der Waals surface area contributed by atoms with Crippen molar-refractivity contribution in [1.82, 2.24) is 9.97 Å². The Labute approximate surface area is 137 Å². The first-order valence-corrected chi connectivity index (χ1v) is 7.10. The van der Waals surface area contributed by atoms with Crippen LogP contribution in [0.4, 0.5) is 5.95 Å². The third-order valence-electron chi connectivity index (χ3n) is 2.96. The van der Waals surface area contributed by atoms with Crippen molar-refractivity contribution in [1.29, 1.82) is 0 Å². The Morgan fingerprint density at radius 3 is 2.59 bits per heavy atom. The molecule has 0 aliphatic carbocycles. The number of aryl methyl sites for hydroxylation is 1. The van der Waals surface area contributed by atoms with E-state index in [1.807, 2.05) is 0 Å². The molecule has 22 heavy (non-hydrogen) atoms. The van der Waals surface area contributed by atoms with Crippen LogP contribution in [0.1, 0.15) is 34.8 Å². The van der Waals surface area contributed by atoms with Crippen LogP contribution in [0.25, 0.3) is 0 Å². The molecule has 0 aliphatic heterocycles. The summed E-state index contributed by atoms with van der Waals surface area (Å²) in [5.41, 5.74) is 11.9. The fourth-order valence-electron chi connectivity index (χ4n) is 2.03. The van der Waals surface area contributed by atoms with Crippen LogP contribution < -0.4 is 16.2 Å². The number of nitrogens with two attached hydrogens (primary N) is 2. The number of hydrogen-bond donors (Lipinski definition) is 2. The second-order valence-corrected chi connectivity index (χ2v) is 5.47. The van der Waals surface area contributed by atoms with Gasteiger partial charge in [-0.25, -0.2) is 9.97 Å². The molecule has 1 amide bonds. The van der Waals surface area contributed by atoms with E-state index in [0.717, 1.165) is 0 Å². The molecule has 0 saturated heterocycles. The molecule has 1 atom stereocenters. The van der Waals surface area contributed by atoms with Crippen molar-refractivity contribution in [2.45, 2.75) is 20.0 Å². The van der Waals surface area contributed by atoms with Gasteiger partial charge in [-0.15, -0.1) is 0 Å². The molecule has 4 N–H and O–H groups in total. The van der Waals surface area contributed by atoms with Crippen molar-refractivity contribution < 1.29 is 9.53 Å². The molecule has 2 rings (SSSR count). The number of amides is 1. The lowest BCUT2D eigenvalue weighted by Crippen LogP contribution is -2.21. The zero-order valence-corrected chi connectivity index (χ0v) is 13.4. The summed E-state index contributed by atoms with van der Waals surface area (Å²) < 4.78 is 5.74. The van der Waals surface area contributed by atoms with E-state index < -0.39 is 12.0 Å². The molecule has 0 saturated carbocycles. The Morgan fingerprint density at radius 2 is 2.00 bits per heavy atom. The van der Waals surface area contributed by atoms with Gasteiger partial charge in [0.2, 0.25) is 5.95 Å². The van der Waals surface area contributed by atoms with Gasteiger partial charge in [0.25, 0.3) is 5.91 Å². The summed E-state index contributed by atoms with van der Waals surface area (Å²) in [7, 11) is 0. The second kappa shape index (κ2) is 6.37. The highest BCUT2D eigenvalue weighted by Gasteiger charge is 2.22. The fourth-order valence-corrected chi connectivity index (χ4v) is 2.49. The number of halogens is 2. The zero-order valence-electron chi connectivity index (χ0n) is 11.9. The third-order valence-corrected chi connectivity index (χ3v) is 3.49. The van der Waals surface area contributed by atoms with E-state index in [1.165, 1.54) is 0 Å². The highest BCUT2D eigenvalue weighted by atomic mass is 35.5. The maximum atomic E-state index is 11.6. The van der Waals surface area contributed by atoms with Gasteiger partial charge in [0.15, 0.2) is 0 Å². The van der Waals surface area contributed by atoms with Crippen LogP contribution in [0, 0.1) is 6.92 Å². The second-order valence-electron chi connectivity index (χ2n) is 4.63. The van der Waals surface area contributed by atoms with Crippen LogP contribution in [0.5, 0.6) is 5.75 Å². The molecule has 6 nitrogen and oxygen atoms in total. The minimum atomic E-state index is -0.648.